The van der Waals surface area contributed by atoms with Gasteiger partial charge in [-0.3, -0.25) is 45.5 Å². The number of nitrogens with two attached hydrogens (primary N) is 3. The second-order valence-corrected chi connectivity index (χ2v) is 14.6. The van der Waals surface area contributed by atoms with Crippen LogP contribution in [0.1, 0.15) is 59.3 Å². The van der Waals surface area contributed by atoms with E-state index in [1.54, 1.807) is 50.0 Å². The van der Waals surface area contributed by atoms with Gasteiger partial charge < -0.3 is 40.1 Å². The largest absolute Gasteiger partial charge is 0.494 e. The number of primary amides is 1. The number of hydrogen-bond acceptors (Lipinski definition) is 15. The van der Waals surface area contributed by atoms with Crippen LogP contribution >= 0.6 is 0 Å². The molecule has 0 saturated carbocycles. The maximum atomic E-state index is 13.5. The topological polar surface area (TPSA) is 262 Å². The first-order chi connectivity index (χ1) is 30.4. The number of imidazole rings is 2. The summed E-state index contributed by atoms with van der Waals surface area (Å²) in [6.07, 6.45) is 7.04. The van der Waals surface area contributed by atoms with Crippen LogP contribution in [0, 0.1) is 6.92 Å². The molecule has 0 atom stereocenters. The van der Waals surface area contributed by atoms with Gasteiger partial charge in [0.15, 0.2) is 6.29 Å². The number of amides is 2. The lowest BCUT2D eigenvalue weighted by atomic mass is 10.1. The van der Waals surface area contributed by atoms with E-state index in [2.05, 4.69) is 31.1 Å². The number of carbonyl (C=O) groups excluding carboxylic acids is 3. The third-order valence-corrected chi connectivity index (χ3v) is 9.93. The van der Waals surface area contributed by atoms with Gasteiger partial charge >= 0.3 is 0 Å². The molecule has 1 saturated heterocycles. The Hall–Kier alpha value is -6.61. The van der Waals surface area contributed by atoms with Gasteiger partial charge in [0.05, 0.1) is 49.4 Å². The van der Waals surface area contributed by atoms with Crippen LogP contribution in [0.4, 0.5) is 11.9 Å². The predicted octanol–water partition coefficient (Wildman–Crippen LogP) is 3.14. The Morgan fingerprint density at radius 3 is 2.27 bits per heavy atom. The Kier molecular flexibility index (Phi) is 17.3. The van der Waals surface area contributed by atoms with Gasteiger partial charge in [0.2, 0.25) is 17.8 Å². The zero-order valence-electron chi connectivity index (χ0n) is 36.9. The first-order valence-corrected chi connectivity index (χ1v) is 20.8. The van der Waals surface area contributed by atoms with Crippen molar-refractivity contribution in [3.63, 3.8) is 0 Å². The van der Waals surface area contributed by atoms with Crippen LogP contribution in [0.5, 0.6) is 11.5 Å². The van der Waals surface area contributed by atoms with Gasteiger partial charge in [-0.05, 0) is 76.1 Å². The lowest BCUT2D eigenvalue weighted by molar-refractivity contribution is -0.102. The molecule has 2 aromatic carbocycles. The molecule has 2 amide bonds. The maximum absolute atomic E-state index is 13.5. The smallest absolute Gasteiger partial charge is 0.276 e. The fraction of sp³-hybridized carbons (Fsp3) is 0.419. The molecule has 0 radical (unpaired) electrons. The van der Waals surface area contributed by atoms with Gasteiger partial charge in [-0.15, -0.1) is 0 Å². The standard InChI is InChI=1S/C36H48N12O5.C7H12N2O/c1-5-48-28(17-23(2)44-48)34(50)43-36-42-26-18-24(22-40-38)19-29(51-4)31(26)47(36)11-7-6-10-46-32-27(41-35(46)39-3)20-25(33(37)49)21-30(32)53-14-8-9-45-12-15-52-16-13-45;1-3-9-7(5-10)4-6(2)8/h6-7,17-21,40H,5,8-16,22,38H2,1-4H3,(H2,37,49)(H,39,41)(H,42,43,50);4-5H,3,8H2,1-2H3/b7-6+;6-4-,9-7?. The molecule has 0 aliphatic carbocycles. The van der Waals surface area contributed by atoms with Crippen LogP contribution in [-0.2, 0) is 35.7 Å². The van der Waals surface area contributed by atoms with E-state index in [0.29, 0.717) is 108 Å². The average molecular weight is 869 g/mol. The molecular formula is C43H60N14O6. The lowest BCUT2D eigenvalue weighted by Crippen LogP contribution is -2.37. The molecule has 1 aliphatic heterocycles. The molecule has 20 heteroatoms. The van der Waals surface area contributed by atoms with Crippen LogP contribution in [0.15, 0.2) is 59.2 Å². The van der Waals surface area contributed by atoms with E-state index in [4.69, 9.17) is 41.5 Å². The highest BCUT2D eigenvalue weighted by Gasteiger charge is 2.22. The van der Waals surface area contributed by atoms with E-state index in [9.17, 15) is 14.4 Å². The molecule has 4 heterocycles. The number of hydrogen-bond donors (Lipinski definition) is 6. The zero-order chi connectivity index (χ0) is 45.5. The molecule has 6 rings (SSSR count). The number of aryl methyl sites for hydroxylation is 2. The summed E-state index contributed by atoms with van der Waals surface area (Å²) in [7, 11) is 3.39. The molecule has 0 unspecified atom stereocenters. The van der Waals surface area contributed by atoms with Crippen LogP contribution in [0.25, 0.3) is 22.1 Å². The normalized spacial score (nSPS) is 13.6. The van der Waals surface area contributed by atoms with E-state index in [0.717, 1.165) is 56.0 Å². The molecular weight excluding hydrogens is 809 g/mol. The number of ether oxygens (including phenoxy) is 3. The van der Waals surface area contributed by atoms with E-state index in [-0.39, 0.29) is 5.91 Å². The number of rotatable bonds is 20. The number of methoxy groups -OCH3 is 1. The van der Waals surface area contributed by atoms with Crippen LogP contribution in [0.3, 0.4) is 0 Å². The quantitative estimate of drug-likeness (QED) is 0.0164. The molecule has 63 heavy (non-hydrogen) atoms. The molecule has 5 aromatic rings. The third kappa shape index (κ3) is 12.3. The first kappa shape index (κ1) is 47.4. The van der Waals surface area contributed by atoms with Gasteiger partial charge in [-0.1, -0.05) is 12.2 Å². The number of fused-ring (bicyclic) bond motifs is 2. The van der Waals surface area contributed by atoms with Crippen molar-refractivity contribution in [1.82, 2.24) is 39.2 Å². The summed E-state index contributed by atoms with van der Waals surface area (Å²) < 4.78 is 23.1. The molecule has 1 fully saturated rings. The SMILES string of the molecule is CCN=C(C=O)/C=C(/C)N.CCn1nc(C)cc1C(=O)Nc1nc2cc(CNN)cc(OC)c2n1C/C=C/Cn1c(NC)nc2cc(C(N)=O)cc(OCCCN3CCOCC3)c21. The Morgan fingerprint density at radius 2 is 1.65 bits per heavy atom. The van der Waals surface area contributed by atoms with Crippen molar-refractivity contribution >= 4 is 57.8 Å². The summed E-state index contributed by atoms with van der Waals surface area (Å²) in [6.45, 7) is 14.3. The van der Waals surface area contributed by atoms with E-state index in [1.807, 2.05) is 54.2 Å². The number of aliphatic imine (C=N–C) groups is 1. The fourth-order valence-electron chi connectivity index (χ4n) is 7.11. The number of nitrogens with one attached hydrogen (secondary N) is 3. The van der Waals surface area contributed by atoms with E-state index < -0.39 is 5.91 Å². The summed E-state index contributed by atoms with van der Waals surface area (Å²) in [5, 5.41) is 10.6. The van der Waals surface area contributed by atoms with Crippen molar-refractivity contribution in [1.29, 1.82) is 0 Å². The number of aldehydes is 1. The molecule has 0 bridgehead atoms. The number of allylic oxidation sites excluding steroid dienone is 4. The Morgan fingerprint density at radius 1 is 0.968 bits per heavy atom. The minimum atomic E-state index is -0.558. The summed E-state index contributed by atoms with van der Waals surface area (Å²) in [5.41, 5.74) is 19.7. The van der Waals surface area contributed by atoms with Gasteiger partial charge in [0, 0.05) is 70.7 Å². The van der Waals surface area contributed by atoms with Crippen molar-refractivity contribution in [2.75, 3.05) is 70.8 Å². The fourth-order valence-corrected chi connectivity index (χ4v) is 7.11. The van der Waals surface area contributed by atoms with Crippen molar-refractivity contribution in [3.05, 3.63) is 76.8 Å². The molecule has 3 aromatic heterocycles. The van der Waals surface area contributed by atoms with E-state index >= 15 is 0 Å². The van der Waals surface area contributed by atoms with Gasteiger partial charge in [0.1, 0.15) is 28.2 Å². The molecule has 20 nitrogen and oxygen atoms in total. The molecule has 9 N–H and O–H groups in total. The second-order valence-electron chi connectivity index (χ2n) is 14.6. The number of aromatic nitrogens is 6. The predicted molar refractivity (Wildman–Crippen MR) is 244 cm³/mol. The van der Waals surface area contributed by atoms with Gasteiger partial charge in [0.25, 0.3) is 5.91 Å². The summed E-state index contributed by atoms with van der Waals surface area (Å²) in [5.74, 6) is 6.79. The maximum Gasteiger partial charge on any atom is 0.276 e. The lowest BCUT2D eigenvalue weighted by Gasteiger charge is -2.26. The third-order valence-electron chi connectivity index (χ3n) is 9.93. The molecule has 0 spiro atoms. The minimum Gasteiger partial charge on any atom is -0.494 e. The Bertz CT molecular complexity index is 2450. The number of hydrazine groups is 1. The van der Waals surface area contributed by atoms with Crippen molar-refractivity contribution < 1.29 is 28.6 Å². The number of morpholine rings is 1. The monoisotopic (exact) mass is 868 g/mol. The summed E-state index contributed by atoms with van der Waals surface area (Å²) >= 11 is 0. The minimum absolute atomic E-state index is 0.321. The van der Waals surface area contributed by atoms with Crippen LogP contribution in [-0.4, -0.2) is 118 Å². The Balaban J connectivity index is 0.000000667. The first-order valence-electron chi connectivity index (χ1n) is 20.8. The van der Waals surface area contributed by atoms with Crippen molar-refractivity contribution in [2.45, 2.75) is 60.3 Å². The highest BCUT2D eigenvalue weighted by Crippen LogP contribution is 2.33. The zero-order valence-corrected chi connectivity index (χ0v) is 36.9. The molecule has 338 valence electrons. The van der Waals surface area contributed by atoms with E-state index in [1.165, 1.54) is 0 Å². The molecule has 1 aliphatic rings. The highest BCUT2D eigenvalue weighted by molar-refractivity contribution is 6.33. The van der Waals surface area contributed by atoms with Crippen molar-refractivity contribution in [3.8, 4) is 11.5 Å². The van der Waals surface area contributed by atoms with Crippen molar-refractivity contribution in [2.24, 2.45) is 22.3 Å². The highest BCUT2D eigenvalue weighted by atomic mass is 16.5. The van der Waals surface area contributed by atoms with Gasteiger partial charge in [-0.2, -0.15) is 5.10 Å². The number of carbonyl (C=O) groups is 3. The van der Waals surface area contributed by atoms with Crippen LogP contribution < -0.4 is 42.8 Å². The summed E-state index contributed by atoms with van der Waals surface area (Å²) in [4.78, 5) is 51.8. The number of benzene rings is 2. The average Bonchev–Trinajstić information content (AvgIpc) is 3.95. The van der Waals surface area contributed by atoms with Crippen LogP contribution in [0.2, 0.25) is 0 Å². The Labute approximate surface area is 366 Å². The second kappa shape index (κ2) is 23.0. The summed E-state index contributed by atoms with van der Waals surface area (Å²) in [6, 6.07) is 8.91. The number of nitrogens with zero attached hydrogens (tertiary/aromatic N) is 8. The number of anilines is 2. The van der Waals surface area contributed by atoms with Gasteiger partial charge in [-0.25, -0.2) is 9.97 Å².